The maximum absolute atomic E-state index is 11.9. The van der Waals surface area contributed by atoms with E-state index in [1.165, 1.54) is 18.4 Å². The Morgan fingerprint density at radius 1 is 1.26 bits per heavy atom. The summed E-state index contributed by atoms with van der Waals surface area (Å²) >= 11 is 1.39. The van der Waals surface area contributed by atoms with Crippen LogP contribution in [0.25, 0.3) is 0 Å². The molecule has 1 aromatic heterocycles. The van der Waals surface area contributed by atoms with E-state index in [1.54, 1.807) is 6.07 Å². The van der Waals surface area contributed by atoms with Crippen molar-refractivity contribution in [1.29, 1.82) is 0 Å². The van der Waals surface area contributed by atoms with Gasteiger partial charge in [0.1, 0.15) is 0 Å². The molecule has 0 aromatic carbocycles. The third-order valence-electron chi connectivity index (χ3n) is 4.35. The molecule has 0 bridgehead atoms. The van der Waals surface area contributed by atoms with E-state index in [2.05, 4.69) is 5.32 Å². The van der Waals surface area contributed by atoms with Gasteiger partial charge in [-0.15, -0.1) is 11.3 Å². The number of carbonyl (C=O) groups excluding carboxylic acids is 3. The molecule has 1 aliphatic rings. The van der Waals surface area contributed by atoms with Gasteiger partial charge >= 0.3 is 5.97 Å². The highest BCUT2D eigenvalue weighted by Crippen LogP contribution is 2.30. The van der Waals surface area contributed by atoms with E-state index in [0.717, 1.165) is 25.7 Å². The van der Waals surface area contributed by atoms with Gasteiger partial charge in [0.2, 0.25) is 5.91 Å². The molecule has 0 aliphatic heterocycles. The second kappa shape index (κ2) is 8.82. The van der Waals surface area contributed by atoms with Crippen LogP contribution in [0.5, 0.6) is 0 Å². The van der Waals surface area contributed by atoms with Crippen molar-refractivity contribution < 1.29 is 19.1 Å². The number of esters is 1. The highest BCUT2D eigenvalue weighted by molar-refractivity contribution is 7.12. The fraction of sp³-hybridized carbons (Fsp3) is 0.588. The molecule has 2 rings (SSSR count). The van der Waals surface area contributed by atoms with E-state index in [9.17, 15) is 14.4 Å². The summed E-state index contributed by atoms with van der Waals surface area (Å²) in [6.45, 7) is 0.478. The summed E-state index contributed by atoms with van der Waals surface area (Å²) in [5.74, 6) is -0.309. The number of ketones is 1. The van der Waals surface area contributed by atoms with Crippen LogP contribution in [0.4, 0.5) is 0 Å². The maximum atomic E-state index is 11.9. The normalized spacial score (nSPS) is 20.7. The SMILES string of the molecule is COC(=O)C1CCCCC1CNC(=O)CCC(=O)c1cccs1. The Bertz CT molecular complexity index is 541. The number of thiophene rings is 1. The number of carbonyl (C=O) groups is 3. The molecular weight excluding hydrogens is 314 g/mol. The van der Waals surface area contributed by atoms with E-state index in [0.29, 0.717) is 11.4 Å². The lowest BCUT2D eigenvalue weighted by molar-refractivity contribution is -0.148. The number of rotatable bonds is 7. The van der Waals surface area contributed by atoms with Crippen molar-refractivity contribution in [3.63, 3.8) is 0 Å². The van der Waals surface area contributed by atoms with Crippen LogP contribution in [-0.2, 0) is 14.3 Å². The Morgan fingerprint density at radius 3 is 2.74 bits per heavy atom. The first-order chi connectivity index (χ1) is 11.1. The van der Waals surface area contributed by atoms with Gasteiger partial charge in [-0.3, -0.25) is 14.4 Å². The first-order valence-corrected chi connectivity index (χ1v) is 8.91. The van der Waals surface area contributed by atoms with Crippen LogP contribution >= 0.6 is 11.3 Å². The minimum absolute atomic E-state index is 0.000235. The van der Waals surface area contributed by atoms with Gasteiger partial charge in [0.15, 0.2) is 5.78 Å². The standard InChI is InChI=1S/C17H23NO4S/c1-22-17(21)13-6-3-2-5-12(13)11-18-16(20)9-8-14(19)15-7-4-10-23-15/h4,7,10,12-13H,2-3,5-6,8-9,11H2,1H3,(H,18,20). The van der Waals surface area contributed by atoms with Crippen molar-refractivity contribution in [3.8, 4) is 0 Å². The number of ether oxygens (including phenoxy) is 1. The van der Waals surface area contributed by atoms with Gasteiger partial charge in [-0.2, -0.15) is 0 Å². The first-order valence-electron chi connectivity index (χ1n) is 8.03. The third-order valence-corrected chi connectivity index (χ3v) is 5.26. The summed E-state index contributed by atoms with van der Waals surface area (Å²) < 4.78 is 4.85. The highest BCUT2D eigenvalue weighted by atomic mass is 32.1. The molecule has 0 spiro atoms. The number of hydrogen-bond donors (Lipinski definition) is 1. The molecule has 1 aliphatic carbocycles. The first kappa shape index (κ1) is 17.7. The predicted octanol–water partition coefficient (Wildman–Crippen LogP) is 2.81. The Kier molecular flexibility index (Phi) is 6.77. The molecule has 6 heteroatoms. The van der Waals surface area contributed by atoms with Crippen LogP contribution in [0.15, 0.2) is 17.5 Å². The average molecular weight is 337 g/mol. The van der Waals surface area contributed by atoms with E-state index < -0.39 is 0 Å². The lowest BCUT2D eigenvalue weighted by Gasteiger charge is -2.29. The van der Waals surface area contributed by atoms with Crippen LogP contribution in [-0.4, -0.2) is 31.3 Å². The van der Waals surface area contributed by atoms with Crippen LogP contribution in [0.1, 0.15) is 48.2 Å². The monoisotopic (exact) mass is 337 g/mol. The number of amides is 1. The largest absolute Gasteiger partial charge is 0.469 e. The quantitative estimate of drug-likeness (QED) is 0.613. The molecule has 1 aromatic rings. The maximum Gasteiger partial charge on any atom is 0.309 e. The summed E-state index contributed by atoms with van der Waals surface area (Å²) in [5, 5.41) is 4.72. The Hall–Kier alpha value is -1.69. The number of Topliss-reactive ketones (excluding diaryl/α,β-unsaturated/α-hetero) is 1. The molecule has 23 heavy (non-hydrogen) atoms. The summed E-state index contributed by atoms with van der Waals surface area (Å²) in [5.41, 5.74) is 0. The molecule has 126 valence electrons. The van der Waals surface area contributed by atoms with Crippen LogP contribution < -0.4 is 5.32 Å². The van der Waals surface area contributed by atoms with E-state index in [1.807, 2.05) is 11.4 Å². The van der Waals surface area contributed by atoms with Gasteiger partial charge in [-0.1, -0.05) is 18.9 Å². The lowest BCUT2D eigenvalue weighted by atomic mass is 9.79. The van der Waals surface area contributed by atoms with Crippen molar-refractivity contribution >= 4 is 29.0 Å². The van der Waals surface area contributed by atoms with Crippen molar-refractivity contribution in [2.24, 2.45) is 11.8 Å². The predicted molar refractivity (Wildman–Crippen MR) is 88.4 cm³/mol. The van der Waals surface area contributed by atoms with Gasteiger partial charge in [0, 0.05) is 19.4 Å². The topological polar surface area (TPSA) is 72.5 Å². The summed E-state index contributed by atoms with van der Waals surface area (Å²) in [4.78, 5) is 36.3. The Balaban J connectivity index is 1.74. The molecule has 1 fully saturated rings. The molecule has 0 radical (unpaired) electrons. The second-order valence-corrected chi connectivity index (χ2v) is 6.83. The minimum atomic E-state index is -0.183. The minimum Gasteiger partial charge on any atom is -0.469 e. The highest BCUT2D eigenvalue weighted by Gasteiger charge is 2.31. The molecule has 1 heterocycles. The van der Waals surface area contributed by atoms with Gasteiger partial charge in [-0.05, 0) is 30.2 Å². The van der Waals surface area contributed by atoms with Crippen molar-refractivity contribution in [3.05, 3.63) is 22.4 Å². The van der Waals surface area contributed by atoms with Crippen molar-refractivity contribution in [2.75, 3.05) is 13.7 Å². The lowest BCUT2D eigenvalue weighted by Crippen LogP contribution is -2.37. The molecular formula is C17H23NO4S. The Labute approximate surface area is 140 Å². The van der Waals surface area contributed by atoms with E-state index >= 15 is 0 Å². The fourth-order valence-corrected chi connectivity index (χ4v) is 3.73. The fourth-order valence-electron chi connectivity index (χ4n) is 3.03. The van der Waals surface area contributed by atoms with Gasteiger partial charge in [0.25, 0.3) is 0 Å². The molecule has 1 amide bonds. The van der Waals surface area contributed by atoms with Crippen molar-refractivity contribution in [2.45, 2.75) is 38.5 Å². The Morgan fingerprint density at radius 2 is 2.04 bits per heavy atom. The average Bonchev–Trinajstić information content (AvgIpc) is 3.12. The molecule has 2 atom stereocenters. The second-order valence-electron chi connectivity index (χ2n) is 5.88. The summed E-state index contributed by atoms with van der Waals surface area (Å²) in [6, 6.07) is 3.60. The molecule has 5 nitrogen and oxygen atoms in total. The van der Waals surface area contributed by atoms with Crippen LogP contribution in [0.3, 0.4) is 0 Å². The van der Waals surface area contributed by atoms with Gasteiger partial charge < -0.3 is 10.1 Å². The van der Waals surface area contributed by atoms with Gasteiger partial charge in [-0.25, -0.2) is 0 Å². The molecule has 2 unspecified atom stereocenters. The van der Waals surface area contributed by atoms with Crippen molar-refractivity contribution in [1.82, 2.24) is 5.32 Å². The number of hydrogen-bond acceptors (Lipinski definition) is 5. The summed E-state index contributed by atoms with van der Waals surface area (Å²) in [7, 11) is 1.41. The van der Waals surface area contributed by atoms with Gasteiger partial charge in [0.05, 0.1) is 17.9 Å². The molecule has 0 saturated heterocycles. The van der Waals surface area contributed by atoms with Crippen LogP contribution in [0, 0.1) is 11.8 Å². The summed E-state index contributed by atoms with van der Waals surface area (Å²) in [6.07, 6.45) is 4.26. The molecule has 1 saturated carbocycles. The zero-order chi connectivity index (χ0) is 16.7. The smallest absolute Gasteiger partial charge is 0.309 e. The number of nitrogens with one attached hydrogen (secondary N) is 1. The zero-order valence-electron chi connectivity index (χ0n) is 13.4. The van der Waals surface area contributed by atoms with E-state index in [-0.39, 0.29) is 42.3 Å². The third kappa shape index (κ3) is 5.16. The molecule has 1 N–H and O–H groups in total. The number of methoxy groups -OCH3 is 1. The van der Waals surface area contributed by atoms with E-state index in [4.69, 9.17) is 4.74 Å². The zero-order valence-corrected chi connectivity index (χ0v) is 14.2. The van der Waals surface area contributed by atoms with Crippen LogP contribution in [0.2, 0.25) is 0 Å².